The van der Waals surface area contributed by atoms with Crippen molar-refractivity contribution in [2.24, 2.45) is 0 Å². The SMILES string of the molecule is Clc1cccc(-c2noc(COc3cccc(CN4CCCC4)c3)n2)c1. The Hall–Kier alpha value is -2.37. The molecular formula is C20H20ClN3O2. The van der Waals surface area contributed by atoms with Crippen LogP contribution in [0.2, 0.25) is 5.02 Å². The number of ether oxygens (including phenoxy) is 1. The number of likely N-dealkylation sites (tertiary alicyclic amines) is 1. The van der Waals surface area contributed by atoms with Crippen molar-refractivity contribution in [2.75, 3.05) is 13.1 Å². The highest BCUT2D eigenvalue weighted by Gasteiger charge is 2.13. The molecule has 0 spiro atoms. The normalized spacial score (nSPS) is 14.7. The van der Waals surface area contributed by atoms with Crippen LogP contribution in [0.5, 0.6) is 5.75 Å². The molecule has 2 aromatic carbocycles. The van der Waals surface area contributed by atoms with Gasteiger partial charge in [0.05, 0.1) is 0 Å². The predicted octanol–water partition coefficient (Wildman–Crippen LogP) is 4.56. The maximum atomic E-state index is 6.00. The first-order chi connectivity index (χ1) is 12.8. The van der Waals surface area contributed by atoms with Gasteiger partial charge in [0, 0.05) is 17.1 Å². The molecule has 4 rings (SSSR count). The molecule has 1 saturated heterocycles. The Labute approximate surface area is 157 Å². The molecule has 134 valence electrons. The number of hydrogen-bond acceptors (Lipinski definition) is 5. The second kappa shape index (κ2) is 7.89. The molecule has 6 heteroatoms. The van der Waals surface area contributed by atoms with Gasteiger partial charge in [-0.1, -0.05) is 41.0 Å². The zero-order valence-corrected chi connectivity index (χ0v) is 15.2. The highest BCUT2D eigenvalue weighted by Crippen LogP contribution is 2.21. The number of halogens is 1. The quantitative estimate of drug-likeness (QED) is 0.637. The fourth-order valence-electron chi connectivity index (χ4n) is 3.14. The van der Waals surface area contributed by atoms with Gasteiger partial charge in [-0.2, -0.15) is 4.98 Å². The Morgan fingerprint density at radius 1 is 1.08 bits per heavy atom. The predicted molar refractivity (Wildman–Crippen MR) is 100 cm³/mol. The van der Waals surface area contributed by atoms with Gasteiger partial charge in [0.25, 0.3) is 5.89 Å². The third kappa shape index (κ3) is 4.23. The minimum absolute atomic E-state index is 0.237. The highest BCUT2D eigenvalue weighted by molar-refractivity contribution is 6.30. The van der Waals surface area contributed by atoms with Gasteiger partial charge in [-0.25, -0.2) is 0 Å². The van der Waals surface area contributed by atoms with E-state index in [1.54, 1.807) is 6.07 Å². The van der Waals surface area contributed by atoms with Crippen LogP contribution in [0, 0.1) is 0 Å². The van der Waals surface area contributed by atoms with Crippen molar-refractivity contribution in [1.82, 2.24) is 15.0 Å². The van der Waals surface area contributed by atoms with E-state index in [2.05, 4.69) is 27.2 Å². The van der Waals surface area contributed by atoms with Crippen molar-refractivity contribution in [2.45, 2.75) is 26.0 Å². The average molecular weight is 370 g/mol. The zero-order chi connectivity index (χ0) is 17.8. The molecule has 3 aromatic rings. The molecule has 0 saturated carbocycles. The molecule has 5 nitrogen and oxygen atoms in total. The van der Waals surface area contributed by atoms with Gasteiger partial charge in [0.2, 0.25) is 5.82 Å². The Kier molecular flexibility index (Phi) is 5.18. The maximum Gasteiger partial charge on any atom is 0.264 e. The third-order valence-corrected chi connectivity index (χ3v) is 4.65. The topological polar surface area (TPSA) is 51.4 Å². The molecule has 0 unspecified atom stereocenters. The smallest absolute Gasteiger partial charge is 0.264 e. The van der Waals surface area contributed by atoms with E-state index in [0.29, 0.717) is 16.7 Å². The van der Waals surface area contributed by atoms with Crippen LogP contribution in [0.3, 0.4) is 0 Å². The summed E-state index contributed by atoms with van der Waals surface area (Å²) in [6.07, 6.45) is 2.59. The molecule has 2 heterocycles. The first-order valence-corrected chi connectivity index (χ1v) is 9.17. The van der Waals surface area contributed by atoms with Crippen molar-refractivity contribution < 1.29 is 9.26 Å². The van der Waals surface area contributed by atoms with Gasteiger partial charge in [0.1, 0.15) is 5.75 Å². The van der Waals surface area contributed by atoms with E-state index < -0.39 is 0 Å². The van der Waals surface area contributed by atoms with Crippen LogP contribution in [0.15, 0.2) is 53.1 Å². The molecule has 26 heavy (non-hydrogen) atoms. The van der Waals surface area contributed by atoms with E-state index >= 15 is 0 Å². The number of aromatic nitrogens is 2. The van der Waals surface area contributed by atoms with Crippen LogP contribution in [-0.2, 0) is 13.2 Å². The fourth-order valence-corrected chi connectivity index (χ4v) is 3.33. The monoisotopic (exact) mass is 369 g/mol. The third-order valence-electron chi connectivity index (χ3n) is 4.42. The summed E-state index contributed by atoms with van der Waals surface area (Å²) in [4.78, 5) is 6.84. The largest absolute Gasteiger partial charge is 0.484 e. The van der Waals surface area contributed by atoms with Gasteiger partial charge >= 0.3 is 0 Å². The summed E-state index contributed by atoms with van der Waals surface area (Å²) >= 11 is 6.00. The molecule has 0 amide bonds. The number of benzene rings is 2. The van der Waals surface area contributed by atoms with Crippen molar-refractivity contribution in [3.63, 3.8) is 0 Å². The van der Waals surface area contributed by atoms with Crippen LogP contribution >= 0.6 is 11.6 Å². The summed E-state index contributed by atoms with van der Waals surface area (Å²) in [6.45, 7) is 3.57. The molecule has 0 radical (unpaired) electrons. The second-order valence-electron chi connectivity index (χ2n) is 6.44. The van der Waals surface area contributed by atoms with Crippen molar-refractivity contribution >= 4 is 11.6 Å². The van der Waals surface area contributed by atoms with E-state index in [1.807, 2.05) is 30.3 Å². The molecule has 0 N–H and O–H groups in total. The van der Waals surface area contributed by atoms with Crippen LogP contribution < -0.4 is 4.74 Å². The summed E-state index contributed by atoms with van der Waals surface area (Å²) < 4.78 is 11.1. The lowest BCUT2D eigenvalue weighted by molar-refractivity contribution is 0.242. The van der Waals surface area contributed by atoms with Gasteiger partial charge in [-0.05, 0) is 55.8 Å². The molecule has 1 fully saturated rings. The summed E-state index contributed by atoms with van der Waals surface area (Å²) in [6, 6.07) is 15.5. The van der Waals surface area contributed by atoms with Crippen LogP contribution in [0.1, 0.15) is 24.3 Å². The van der Waals surface area contributed by atoms with Crippen molar-refractivity contribution in [3.8, 4) is 17.1 Å². The van der Waals surface area contributed by atoms with Crippen LogP contribution in [0.4, 0.5) is 0 Å². The Morgan fingerprint density at radius 2 is 1.92 bits per heavy atom. The molecule has 1 aliphatic rings. The van der Waals surface area contributed by atoms with E-state index in [-0.39, 0.29) is 6.61 Å². The highest BCUT2D eigenvalue weighted by atomic mass is 35.5. The van der Waals surface area contributed by atoms with E-state index in [0.717, 1.165) is 17.9 Å². The number of nitrogens with zero attached hydrogens (tertiary/aromatic N) is 3. The maximum absolute atomic E-state index is 6.00. The van der Waals surface area contributed by atoms with E-state index in [9.17, 15) is 0 Å². The lowest BCUT2D eigenvalue weighted by Crippen LogP contribution is -2.18. The Bertz CT molecular complexity index is 875. The Morgan fingerprint density at radius 3 is 2.77 bits per heavy atom. The second-order valence-corrected chi connectivity index (χ2v) is 6.88. The molecule has 0 atom stereocenters. The number of hydrogen-bond donors (Lipinski definition) is 0. The van der Waals surface area contributed by atoms with Crippen molar-refractivity contribution in [1.29, 1.82) is 0 Å². The summed E-state index contributed by atoms with van der Waals surface area (Å²) in [7, 11) is 0. The standard InChI is InChI=1S/C20H20ClN3O2/c21-17-7-4-6-16(12-17)20-22-19(26-23-20)14-25-18-8-3-5-15(11-18)13-24-9-1-2-10-24/h3-8,11-12H,1-2,9-10,13-14H2. The summed E-state index contributed by atoms with van der Waals surface area (Å²) in [5, 5.41) is 4.63. The molecule has 0 bridgehead atoms. The minimum atomic E-state index is 0.237. The lowest BCUT2D eigenvalue weighted by atomic mass is 10.2. The average Bonchev–Trinajstić information content (AvgIpc) is 3.32. The van der Waals surface area contributed by atoms with Gasteiger partial charge in [-0.3, -0.25) is 4.90 Å². The van der Waals surface area contributed by atoms with Gasteiger partial charge in [0.15, 0.2) is 6.61 Å². The van der Waals surface area contributed by atoms with E-state index in [4.69, 9.17) is 20.9 Å². The summed E-state index contributed by atoms with van der Waals surface area (Å²) in [5.41, 5.74) is 2.08. The molecular weight excluding hydrogens is 350 g/mol. The summed E-state index contributed by atoms with van der Waals surface area (Å²) in [5.74, 6) is 1.75. The zero-order valence-electron chi connectivity index (χ0n) is 14.4. The first-order valence-electron chi connectivity index (χ1n) is 8.79. The van der Waals surface area contributed by atoms with Gasteiger partial charge in [-0.15, -0.1) is 0 Å². The van der Waals surface area contributed by atoms with Crippen LogP contribution in [-0.4, -0.2) is 28.1 Å². The van der Waals surface area contributed by atoms with Crippen molar-refractivity contribution in [3.05, 3.63) is 65.0 Å². The molecule has 0 aliphatic carbocycles. The minimum Gasteiger partial charge on any atom is -0.484 e. The van der Waals surface area contributed by atoms with E-state index in [1.165, 1.54) is 31.5 Å². The van der Waals surface area contributed by atoms with Crippen LogP contribution in [0.25, 0.3) is 11.4 Å². The number of rotatable bonds is 6. The Balaban J connectivity index is 1.38. The van der Waals surface area contributed by atoms with Gasteiger partial charge < -0.3 is 9.26 Å². The fraction of sp³-hybridized carbons (Fsp3) is 0.300. The lowest BCUT2D eigenvalue weighted by Gasteiger charge is -2.15. The first kappa shape index (κ1) is 17.1. The molecule has 1 aliphatic heterocycles. The molecule has 1 aromatic heterocycles.